The van der Waals surface area contributed by atoms with E-state index in [1.807, 2.05) is 38.1 Å². The molecule has 112 valence electrons. The molecule has 1 aliphatic rings. The average molecular weight is 298 g/mol. The zero-order valence-corrected chi connectivity index (χ0v) is 12.7. The second-order valence-corrected chi connectivity index (χ2v) is 7.78. The predicted molar refractivity (Wildman–Crippen MR) is 79.0 cm³/mol. The zero-order valence-electron chi connectivity index (χ0n) is 11.9. The molecular formula is C14H22N2O3S. The van der Waals surface area contributed by atoms with E-state index in [2.05, 4.69) is 5.43 Å². The maximum atomic E-state index is 11.6. The quantitative estimate of drug-likeness (QED) is 0.634. The minimum absolute atomic E-state index is 0.0132. The third kappa shape index (κ3) is 3.71. The van der Waals surface area contributed by atoms with Crippen molar-refractivity contribution in [3.8, 4) is 5.75 Å². The molecule has 6 heteroatoms. The van der Waals surface area contributed by atoms with E-state index in [1.165, 1.54) is 0 Å². The molecule has 0 saturated carbocycles. The van der Waals surface area contributed by atoms with Gasteiger partial charge in [-0.05, 0) is 43.9 Å². The van der Waals surface area contributed by atoms with Gasteiger partial charge in [0.15, 0.2) is 9.84 Å². The molecule has 2 atom stereocenters. The van der Waals surface area contributed by atoms with Crippen molar-refractivity contribution in [3.63, 3.8) is 0 Å². The summed E-state index contributed by atoms with van der Waals surface area (Å²) in [5.74, 6) is 6.87. The van der Waals surface area contributed by atoms with Gasteiger partial charge in [-0.2, -0.15) is 0 Å². The molecule has 3 N–H and O–H groups in total. The third-order valence-electron chi connectivity index (χ3n) is 3.51. The fraction of sp³-hybridized carbons (Fsp3) is 0.571. The molecule has 5 nitrogen and oxygen atoms in total. The summed E-state index contributed by atoms with van der Waals surface area (Å²) >= 11 is 0. The van der Waals surface area contributed by atoms with Gasteiger partial charge < -0.3 is 4.74 Å². The highest BCUT2D eigenvalue weighted by Crippen LogP contribution is 2.32. The summed E-state index contributed by atoms with van der Waals surface area (Å²) in [5.41, 5.74) is 3.72. The van der Waals surface area contributed by atoms with Crippen LogP contribution in [0.5, 0.6) is 5.75 Å². The molecule has 2 rings (SSSR count). The zero-order chi connectivity index (χ0) is 14.8. The molecular weight excluding hydrogens is 276 g/mol. The Morgan fingerprint density at radius 3 is 2.70 bits per heavy atom. The largest absolute Gasteiger partial charge is 0.491 e. The molecule has 1 aromatic rings. The predicted octanol–water partition coefficient (Wildman–Crippen LogP) is 1.41. The van der Waals surface area contributed by atoms with Gasteiger partial charge >= 0.3 is 0 Å². The molecule has 1 heterocycles. The first-order valence-corrected chi connectivity index (χ1v) is 8.66. The third-order valence-corrected chi connectivity index (χ3v) is 5.30. The smallest absolute Gasteiger partial charge is 0.150 e. The van der Waals surface area contributed by atoms with Gasteiger partial charge in [0.05, 0.1) is 17.6 Å². The monoisotopic (exact) mass is 298 g/mol. The van der Waals surface area contributed by atoms with Crippen LogP contribution in [0.2, 0.25) is 0 Å². The van der Waals surface area contributed by atoms with Gasteiger partial charge in [-0.25, -0.2) is 8.42 Å². The van der Waals surface area contributed by atoms with Gasteiger partial charge in [0.1, 0.15) is 5.75 Å². The summed E-state index contributed by atoms with van der Waals surface area (Å²) in [7, 11) is -2.91. The number of sulfone groups is 1. The molecule has 1 aliphatic heterocycles. The number of nitrogens with two attached hydrogens (primary N) is 1. The summed E-state index contributed by atoms with van der Waals surface area (Å²) in [5, 5.41) is 0. The first kappa shape index (κ1) is 15.3. The Hall–Kier alpha value is -1.11. The normalized spacial score (nSPS) is 22.9. The molecule has 1 fully saturated rings. The fourth-order valence-corrected chi connectivity index (χ4v) is 4.48. The minimum Gasteiger partial charge on any atom is -0.491 e. The van der Waals surface area contributed by atoms with Crippen molar-refractivity contribution in [3.05, 3.63) is 29.8 Å². The first-order valence-electron chi connectivity index (χ1n) is 6.84. The second kappa shape index (κ2) is 6.11. The second-order valence-electron chi connectivity index (χ2n) is 5.55. The molecule has 0 amide bonds. The highest BCUT2D eigenvalue weighted by molar-refractivity contribution is 7.91. The van der Waals surface area contributed by atoms with Crippen LogP contribution in [-0.4, -0.2) is 26.0 Å². The number of hydrogen-bond donors (Lipinski definition) is 2. The Labute approximate surface area is 120 Å². The summed E-state index contributed by atoms with van der Waals surface area (Å²) in [6, 6.07) is 7.50. The van der Waals surface area contributed by atoms with E-state index in [1.54, 1.807) is 0 Å². The van der Waals surface area contributed by atoms with E-state index in [4.69, 9.17) is 10.6 Å². The summed E-state index contributed by atoms with van der Waals surface area (Å²) in [6.07, 6.45) is 0.744. The molecule has 20 heavy (non-hydrogen) atoms. The topological polar surface area (TPSA) is 81.4 Å². The highest BCUT2D eigenvalue weighted by Gasteiger charge is 2.34. The summed E-state index contributed by atoms with van der Waals surface area (Å²) in [4.78, 5) is 0. The van der Waals surface area contributed by atoms with E-state index in [9.17, 15) is 8.42 Å². The Bertz CT molecular complexity index is 557. The van der Waals surface area contributed by atoms with Gasteiger partial charge in [-0.15, -0.1) is 0 Å². The number of hydrogen-bond acceptors (Lipinski definition) is 5. The maximum Gasteiger partial charge on any atom is 0.150 e. The number of benzene rings is 1. The van der Waals surface area contributed by atoms with E-state index in [0.29, 0.717) is 6.42 Å². The lowest BCUT2D eigenvalue weighted by Gasteiger charge is -2.23. The van der Waals surface area contributed by atoms with Gasteiger partial charge in [0, 0.05) is 6.04 Å². The van der Waals surface area contributed by atoms with E-state index in [-0.39, 0.29) is 29.6 Å². The molecule has 1 saturated heterocycles. The lowest BCUT2D eigenvalue weighted by molar-refractivity contribution is 0.241. The Morgan fingerprint density at radius 1 is 1.40 bits per heavy atom. The Balaban J connectivity index is 2.19. The van der Waals surface area contributed by atoms with Crippen LogP contribution in [0.1, 0.15) is 31.9 Å². The number of ether oxygens (including phenoxy) is 1. The first-order chi connectivity index (χ1) is 9.41. The number of hydrazine groups is 1. The van der Waals surface area contributed by atoms with E-state index < -0.39 is 9.84 Å². The maximum absolute atomic E-state index is 11.6. The van der Waals surface area contributed by atoms with Gasteiger partial charge in [-0.3, -0.25) is 11.3 Å². The van der Waals surface area contributed by atoms with Crippen molar-refractivity contribution in [2.75, 3.05) is 11.5 Å². The van der Waals surface area contributed by atoms with Crippen LogP contribution in [0.15, 0.2) is 24.3 Å². The molecule has 2 unspecified atom stereocenters. The van der Waals surface area contributed by atoms with Crippen molar-refractivity contribution in [2.24, 2.45) is 11.8 Å². The minimum atomic E-state index is -2.91. The lowest BCUT2D eigenvalue weighted by atomic mass is 9.93. The van der Waals surface area contributed by atoms with Crippen LogP contribution in [0, 0.1) is 5.92 Å². The standard InChI is InChI=1S/C14H22N2O3S/c1-10(2)19-13-5-3-4-11(8-13)14(16-15)12-6-7-20(17,18)9-12/h3-5,8,10,12,14,16H,6-7,9,15H2,1-2H3. The van der Waals surface area contributed by atoms with E-state index >= 15 is 0 Å². The summed E-state index contributed by atoms with van der Waals surface area (Å²) < 4.78 is 28.9. The molecule has 0 aromatic heterocycles. The van der Waals surface area contributed by atoms with Crippen LogP contribution < -0.4 is 16.0 Å². The molecule has 0 aliphatic carbocycles. The van der Waals surface area contributed by atoms with Crippen LogP contribution in [-0.2, 0) is 9.84 Å². The molecule has 0 spiro atoms. The van der Waals surface area contributed by atoms with Crippen LogP contribution in [0.3, 0.4) is 0 Å². The van der Waals surface area contributed by atoms with Gasteiger partial charge in [-0.1, -0.05) is 12.1 Å². The molecule has 1 aromatic carbocycles. The van der Waals surface area contributed by atoms with Crippen molar-refractivity contribution in [1.29, 1.82) is 0 Å². The number of nitrogens with one attached hydrogen (secondary N) is 1. The molecule has 0 bridgehead atoms. The van der Waals surface area contributed by atoms with Crippen LogP contribution >= 0.6 is 0 Å². The Morgan fingerprint density at radius 2 is 2.15 bits per heavy atom. The van der Waals surface area contributed by atoms with Crippen LogP contribution in [0.25, 0.3) is 0 Å². The lowest BCUT2D eigenvalue weighted by Crippen LogP contribution is -2.34. The highest BCUT2D eigenvalue weighted by atomic mass is 32.2. The van der Waals surface area contributed by atoms with Crippen molar-refractivity contribution in [1.82, 2.24) is 5.43 Å². The van der Waals surface area contributed by atoms with Crippen molar-refractivity contribution < 1.29 is 13.2 Å². The fourth-order valence-electron chi connectivity index (χ4n) is 2.64. The average Bonchev–Trinajstić information content (AvgIpc) is 2.70. The SMILES string of the molecule is CC(C)Oc1cccc(C(NN)C2CCS(=O)(=O)C2)c1. The molecule has 0 radical (unpaired) electrons. The van der Waals surface area contributed by atoms with Crippen molar-refractivity contribution in [2.45, 2.75) is 32.4 Å². The number of rotatable bonds is 5. The van der Waals surface area contributed by atoms with E-state index in [0.717, 1.165) is 11.3 Å². The van der Waals surface area contributed by atoms with Crippen molar-refractivity contribution >= 4 is 9.84 Å². The Kier molecular flexibility index (Phi) is 4.67. The van der Waals surface area contributed by atoms with Gasteiger partial charge in [0.25, 0.3) is 0 Å². The van der Waals surface area contributed by atoms with Gasteiger partial charge in [0.2, 0.25) is 0 Å². The van der Waals surface area contributed by atoms with Crippen LogP contribution in [0.4, 0.5) is 0 Å². The summed E-state index contributed by atoms with van der Waals surface area (Å²) in [6.45, 7) is 3.93.